The van der Waals surface area contributed by atoms with Gasteiger partial charge >= 0.3 is 5.63 Å². The Bertz CT molecular complexity index is 748. The molecule has 0 aromatic carbocycles. The highest BCUT2D eigenvalue weighted by Gasteiger charge is 2.23. The van der Waals surface area contributed by atoms with Gasteiger partial charge in [-0.15, -0.1) is 5.10 Å². The summed E-state index contributed by atoms with van der Waals surface area (Å²) < 4.78 is 12.5. The lowest BCUT2D eigenvalue weighted by Crippen LogP contribution is -2.31. The monoisotopic (exact) mass is 332 g/mol. The van der Waals surface area contributed by atoms with Crippen LogP contribution in [0.15, 0.2) is 27.7 Å². The van der Waals surface area contributed by atoms with Gasteiger partial charge in [0.25, 0.3) is 5.91 Å². The lowest BCUT2D eigenvalue weighted by atomic mass is 10.1. The van der Waals surface area contributed by atoms with Gasteiger partial charge in [0.1, 0.15) is 17.4 Å². The number of nitrogens with zero attached hydrogens (tertiary/aromatic N) is 3. The molecule has 3 rings (SSSR count). The zero-order chi connectivity index (χ0) is 16.9. The van der Waals surface area contributed by atoms with Gasteiger partial charge in [-0.1, -0.05) is 5.21 Å². The number of carbonyl (C=O) groups is 1. The smallest absolute Gasteiger partial charge is 0.349 e. The van der Waals surface area contributed by atoms with Crippen LogP contribution in [0.4, 0.5) is 0 Å². The summed E-state index contributed by atoms with van der Waals surface area (Å²) in [7, 11) is 0. The second-order valence-corrected chi connectivity index (χ2v) is 5.77. The second kappa shape index (κ2) is 7.39. The fourth-order valence-electron chi connectivity index (χ4n) is 2.75. The predicted octanol–water partition coefficient (Wildman–Crippen LogP) is 1.21. The molecule has 128 valence electrons. The van der Waals surface area contributed by atoms with Crippen molar-refractivity contribution in [3.05, 3.63) is 45.8 Å². The topological polar surface area (TPSA) is 99.2 Å². The van der Waals surface area contributed by atoms with E-state index in [0.29, 0.717) is 37.4 Å². The highest BCUT2D eigenvalue weighted by Crippen LogP contribution is 2.28. The second-order valence-electron chi connectivity index (χ2n) is 5.77. The fraction of sp³-hybridized carbons (Fsp3) is 0.500. The van der Waals surface area contributed by atoms with Gasteiger partial charge in [-0.2, -0.15) is 0 Å². The Labute approximate surface area is 138 Å². The molecule has 8 heteroatoms. The lowest BCUT2D eigenvalue weighted by molar-refractivity contribution is 0.0883. The molecular formula is C16H20N4O4. The number of aromatic nitrogens is 3. The highest BCUT2D eigenvalue weighted by molar-refractivity contribution is 5.95. The fourth-order valence-corrected chi connectivity index (χ4v) is 2.75. The van der Waals surface area contributed by atoms with Gasteiger partial charge in [-0.3, -0.25) is 9.48 Å². The highest BCUT2D eigenvalue weighted by atomic mass is 16.5. The average molecular weight is 332 g/mol. The number of aryl methyl sites for hydroxylation is 2. The third-order valence-corrected chi connectivity index (χ3v) is 3.96. The summed E-state index contributed by atoms with van der Waals surface area (Å²) in [6.07, 6.45) is 5.63. The van der Waals surface area contributed by atoms with Gasteiger partial charge in [0.2, 0.25) is 0 Å². The molecule has 2 aromatic heterocycles. The van der Waals surface area contributed by atoms with Crippen molar-refractivity contribution in [2.75, 3.05) is 13.2 Å². The third-order valence-electron chi connectivity index (χ3n) is 3.96. The molecule has 1 atom stereocenters. The maximum absolute atomic E-state index is 12.2. The molecule has 0 radical (unpaired) electrons. The molecule has 2 aromatic rings. The molecule has 0 spiro atoms. The number of hydrogen-bond donors (Lipinski definition) is 1. The largest absolute Gasteiger partial charge is 0.424 e. The third kappa shape index (κ3) is 3.70. The van der Waals surface area contributed by atoms with Crippen molar-refractivity contribution in [3.8, 4) is 0 Å². The maximum atomic E-state index is 12.2. The number of hydrogen-bond acceptors (Lipinski definition) is 6. The molecule has 0 saturated carbocycles. The molecule has 0 aliphatic carbocycles. The van der Waals surface area contributed by atoms with Crippen LogP contribution < -0.4 is 10.9 Å². The van der Waals surface area contributed by atoms with Crippen molar-refractivity contribution in [2.45, 2.75) is 38.8 Å². The first-order valence-corrected chi connectivity index (χ1v) is 8.03. The van der Waals surface area contributed by atoms with Crippen molar-refractivity contribution >= 4 is 5.91 Å². The van der Waals surface area contributed by atoms with Crippen LogP contribution in [0.5, 0.6) is 0 Å². The van der Waals surface area contributed by atoms with Crippen molar-refractivity contribution in [3.63, 3.8) is 0 Å². The van der Waals surface area contributed by atoms with Gasteiger partial charge in [0.15, 0.2) is 0 Å². The molecular weight excluding hydrogens is 312 g/mol. The van der Waals surface area contributed by atoms with E-state index in [1.165, 1.54) is 0 Å². The molecule has 1 aliphatic rings. The number of amides is 1. The quantitative estimate of drug-likeness (QED) is 0.798. The molecule has 24 heavy (non-hydrogen) atoms. The van der Waals surface area contributed by atoms with Crippen LogP contribution in [0.3, 0.4) is 0 Å². The van der Waals surface area contributed by atoms with E-state index < -0.39 is 11.5 Å². The summed E-state index contributed by atoms with van der Waals surface area (Å²) in [5.41, 5.74) is 0.0392. The van der Waals surface area contributed by atoms with Crippen LogP contribution in [0.1, 0.15) is 47.0 Å². The first-order chi connectivity index (χ1) is 11.6. The van der Waals surface area contributed by atoms with E-state index in [-0.39, 0.29) is 11.7 Å². The first kappa shape index (κ1) is 16.4. The molecule has 1 fully saturated rings. The number of ether oxygens (including phenoxy) is 1. The average Bonchev–Trinajstić information content (AvgIpc) is 3.24. The molecule has 0 bridgehead atoms. The normalized spacial score (nSPS) is 17.1. The number of carbonyl (C=O) groups excluding carboxylic acids is 1. The van der Waals surface area contributed by atoms with E-state index in [4.69, 9.17) is 9.15 Å². The standard InChI is InChI=1S/C16H20N4O4/c1-11-10-13(12-4-2-9-23-12)24-16(22)14(11)15(21)17-5-3-7-20-8-6-18-19-20/h6,8,10,12H,2-5,7,9H2,1H3,(H,17,21). The molecule has 3 heterocycles. The van der Waals surface area contributed by atoms with E-state index in [1.807, 2.05) is 0 Å². The Morgan fingerprint density at radius 3 is 3.04 bits per heavy atom. The van der Waals surface area contributed by atoms with Gasteiger partial charge < -0.3 is 14.5 Å². The maximum Gasteiger partial charge on any atom is 0.349 e. The molecule has 1 unspecified atom stereocenters. The Morgan fingerprint density at radius 1 is 1.50 bits per heavy atom. The zero-order valence-electron chi connectivity index (χ0n) is 13.5. The lowest BCUT2D eigenvalue weighted by Gasteiger charge is -2.11. The van der Waals surface area contributed by atoms with Crippen LogP contribution in [0.2, 0.25) is 0 Å². The summed E-state index contributed by atoms with van der Waals surface area (Å²) >= 11 is 0. The van der Waals surface area contributed by atoms with E-state index in [1.54, 1.807) is 30.1 Å². The van der Waals surface area contributed by atoms with Crippen LogP contribution in [-0.4, -0.2) is 34.1 Å². The number of rotatable bonds is 6. The molecule has 1 aliphatic heterocycles. The molecule has 1 amide bonds. The summed E-state index contributed by atoms with van der Waals surface area (Å²) in [6.45, 7) is 3.48. The van der Waals surface area contributed by atoms with Crippen LogP contribution >= 0.6 is 0 Å². The first-order valence-electron chi connectivity index (χ1n) is 8.03. The van der Waals surface area contributed by atoms with Gasteiger partial charge in [0, 0.05) is 25.9 Å². The summed E-state index contributed by atoms with van der Waals surface area (Å²) in [6, 6.07) is 1.72. The van der Waals surface area contributed by atoms with Gasteiger partial charge in [-0.05, 0) is 37.8 Å². The zero-order valence-corrected chi connectivity index (χ0v) is 13.5. The van der Waals surface area contributed by atoms with E-state index in [0.717, 1.165) is 12.8 Å². The van der Waals surface area contributed by atoms with Crippen molar-refractivity contribution in [1.29, 1.82) is 0 Å². The molecule has 8 nitrogen and oxygen atoms in total. The predicted molar refractivity (Wildman–Crippen MR) is 84.6 cm³/mol. The number of nitrogens with one attached hydrogen (secondary N) is 1. The van der Waals surface area contributed by atoms with Crippen molar-refractivity contribution < 1.29 is 13.9 Å². The van der Waals surface area contributed by atoms with Crippen LogP contribution in [-0.2, 0) is 11.3 Å². The van der Waals surface area contributed by atoms with Crippen LogP contribution in [0, 0.1) is 6.92 Å². The minimum atomic E-state index is -0.616. The van der Waals surface area contributed by atoms with E-state index in [2.05, 4.69) is 15.6 Å². The van der Waals surface area contributed by atoms with Crippen LogP contribution in [0.25, 0.3) is 0 Å². The van der Waals surface area contributed by atoms with Crippen molar-refractivity contribution in [1.82, 2.24) is 20.3 Å². The molecule has 1 N–H and O–H groups in total. The SMILES string of the molecule is Cc1cc(C2CCCO2)oc(=O)c1C(=O)NCCCn1ccnn1. The Kier molecular flexibility index (Phi) is 5.05. The van der Waals surface area contributed by atoms with Crippen molar-refractivity contribution in [2.24, 2.45) is 0 Å². The summed E-state index contributed by atoms with van der Waals surface area (Å²) in [5.74, 6) is 0.0801. The van der Waals surface area contributed by atoms with E-state index in [9.17, 15) is 9.59 Å². The minimum absolute atomic E-state index is 0.0532. The Hall–Kier alpha value is -2.48. The van der Waals surface area contributed by atoms with Gasteiger partial charge in [0.05, 0.1) is 6.20 Å². The Morgan fingerprint density at radius 2 is 2.38 bits per heavy atom. The summed E-state index contributed by atoms with van der Waals surface area (Å²) in [4.78, 5) is 24.4. The Balaban J connectivity index is 1.60. The summed E-state index contributed by atoms with van der Waals surface area (Å²) in [5, 5.41) is 10.3. The van der Waals surface area contributed by atoms with Gasteiger partial charge in [-0.25, -0.2) is 4.79 Å². The minimum Gasteiger partial charge on any atom is -0.424 e. The molecule has 1 saturated heterocycles. The van der Waals surface area contributed by atoms with E-state index >= 15 is 0 Å².